The zero-order chi connectivity index (χ0) is 15.5. The smallest absolute Gasteiger partial charge is 0.252 e. The Labute approximate surface area is 141 Å². The standard InChI is InChI=1S/C17H25BrClNO/c1-2-3-4-5-6-7-8-9-12-20-17(21)15-13-14(18)10-11-16(15)19/h10-11,13H,2-9,12H2,1H3,(H,20,21). The topological polar surface area (TPSA) is 29.1 Å². The van der Waals surface area contributed by atoms with Crippen LogP contribution in [-0.4, -0.2) is 12.5 Å². The fourth-order valence-electron chi connectivity index (χ4n) is 2.23. The summed E-state index contributed by atoms with van der Waals surface area (Å²) in [4.78, 5) is 12.0. The van der Waals surface area contributed by atoms with Crippen LogP contribution >= 0.6 is 27.5 Å². The number of hydrogen-bond donors (Lipinski definition) is 1. The van der Waals surface area contributed by atoms with Gasteiger partial charge in [-0.3, -0.25) is 4.79 Å². The minimum atomic E-state index is -0.0933. The van der Waals surface area contributed by atoms with Crippen LogP contribution in [0.3, 0.4) is 0 Å². The predicted molar refractivity (Wildman–Crippen MR) is 94.1 cm³/mol. The van der Waals surface area contributed by atoms with Crippen molar-refractivity contribution in [1.29, 1.82) is 0 Å². The predicted octanol–water partition coefficient (Wildman–Crippen LogP) is 5.97. The molecule has 2 nitrogen and oxygen atoms in total. The Kier molecular flexibility index (Phi) is 9.77. The molecular weight excluding hydrogens is 350 g/mol. The van der Waals surface area contributed by atoms with Crippen LogP contribution in [0.1, 0.15) is 68.6 Å². The summed E-state index contributed by atoms with van der Waals surface area (Å²) in [7, 11) is 0. The second-order valence-corrected chi connectivity index (χ2v) is 6.68. The van der Waals surface area contributed by atoms with E-state index in [4.69, 9.17) is 11.6 Å². The molecule has 0 aliphatic carbocycles. The van der Waals surface area contributed by atoms with Gasteiger partial charge in [0.1, 0.15) is 0 Å². The highest BCUT2D eigenvalue weighted by molar-refractivity contribution is 9.10. The SMILES string of the molecule is CCCCCCCCCCNC(=O)c1cc(Br)ccc1Cl. The third-order valence-electron chi connectivity index (χ3n) is 3.49. The quantitative estimate of drug-likeness (QED) is 0.502. The molecule has 0 atom stereocenters. The van der Waals surface area contributed by atoms with Gasteiger partial charge in [-0.15, -0.1) is 0 Å². The second kappa shape index (κ2) is 11.1. The van der Waals surface area contributed by atoms with Gasteiger partial charge in [0.2, 0.25) is 0 Å². The molecule has 0 unspecified atom stereocenters. The van der Waals surface area contributed by atoms with Crippen LogP contribution in [0.25, 0.3) is 0 Å². The zero-order valence-electron chi connectivity index (χ0n) is 12.8. The first-order valence-corrected chi connectivity index (χ1v) is 9.05. The van der Waals surface area contributed by atoms with E-state index in [1.807, 2.05) is 6.07 Å². The van der Waals surface area contributed by atoms with Gasteiger partial charge >= 0.3 is 0 Å². The Hall–Kier alpha value is -0.540. The molecule has 118 valence electrons. The van der Waals surface area contributed by atoms with Crippen LogP contribution in [0, 0.1) is 0 Å². The van der Waals surface area contributed by atoms with E-state index in [2.05, 4.69) is 28.2 Å². The molecule has 0 fully saturated rings. The van der Waals surface area contributed by atoms with E-state index in [9.17, 15) is 4.79 Å². The molecule has 0 aliphatic heterocycles. The van der Waals surface area contributed by atoms with Crippen molar-refractivity contribution in [2.45, 2.75) is 58.3 Å². The van der Waals surface area contributed by atoms with Gasteiger partial charge in [-0.2, -0.15) is 0 Å². The zero-order valence-corrected chi connectivity index (χ0v) is 15.1. The highest BCUT2D eigenvalue weighted by Crippen LogP contribution is 2.20. The molecule has 21 heavy (non-hydrogen) atoms. The van der Waals surface area contributed by atoms with Crippen LogP contribution in [-0.2, 0) is 0 Å². The van der Waals surface area contributed by atoms with E-state index < -0.39 is 0 Å². The monoisotopic (exact) mass is 373 g/mol. The Morgan fingerprint density at radius 2 is 1.71 bits per heavy atom. The fourth-order valence-corrected chi connectivity index (χ4v) is 2.79. The van der Waals surface area contributed by atoms with Crippen molar-refractivity contribution in [3.8, 4) is 0 Å². The van der Waals surface area contributed by atoms with Gasteiger partial charge in [-0.05, 0) is 24.6 Å². The van der Waals surface area contributed by atoms with Crippen molar-refractivity contribution in [2.24, 2.45) is 0 Å². The van der Waals surface area contributed by atoms with Crippen molar-refractivity contribution in [3.05, 3.63) is 33.3 Å². The van der Waals surface area contributed by atoms with Crippen molar-refractivity contribution in [2.75, 3.05) is 6.54 Å². The second-order valence-electron chi connectivity index (χ2n) is 5.35. The lowest BCUT2D eigenvalue weighted by molar-refractivity contribution is 0.0953. The van der Waals surface area contributed by atoms with Gasteiger partial charge in [0.05, 0.1) is 10.6 Å². The molecule has 1 rings (SSSR count). The van der Waals surface area contributed by atoms with Gasteiger partial charge in [0.25, 0.3) is 5.91 Å². The van der Waals surface area contributed by atoms with E-state index in [0.29, 0.717) is 10.6 Å². The maximum absolute atomic E-state index is 12.0. The van der Waals surface area contributed by atoms with Crippen molar-refractivity contribution in [3.63, 3.8) is 0 Å². The highest BCUT2D eigenvalue weighted by Gasteiger charge is 2.09. The first-order valence-electron chi connectivity index (χ1n) is 7.88. The van der Waals surface area contributed by atoms with E-state index in [1.54, 1.807) is 12.1 Å². The number of nitrogens with one attached hydrogen (secondary N) is 1. The number of amides is 1. The molecule has 1 amide bonds. The number of benzene rings is 1. The third kappa shape index (κ3) is 7.87. The van der Waals surface area contributed by atoms with Crippen LogP contribution in [0.15, 0.2) is 22.7 Å². The highest BCUT2D eigenvalue weighted by atomic mass is 79.9. The molecule has 0 radical (unpaired) electrons. The van der Waals surface area contributed by atoms with Crippen LogP contribution in [0.5, 0.6) is 0 Å². The van der Waals surface area contributed by atoms with Gasteiger partial charge in [-0.25, -0.2) is 0 Å². The molecule has 0 spiro atoms. The van der Waals surface area contributed by atoms with E-state index >= 15 is 0 Å². The van der Waals surface area contributed by atoms with Crippen LogP contribution in [0.2, 0.25) is 5.02 Å². The molecule has 0 saturated heterocycles. The molecule has 1 aromatic carbocycles. The molecule has 4 heteroatoms. The van der Waals surface area contributed by atoms with Gasteiger partial charge in [0.15, 0.2) is 0 Å². The van der Waals surface area contributed by atoms with Crippen molar-refractivity contribution in [1.82, 2.24) is 5.32 Å². The lowest BCUT2D eigenvalue weighted by Gasteiger charge is -2.07. The first-order chi connectivity index (χ1) is 10.1. The number of carbonyl (C=O) groups is 1. The average molecular weight is 375 g/mol. The summed E-state index contributed by atoms with van der Waals surface area (Å²) in [5, 5.41) is 3.43. The minimum Gasteiger partial charge on any atom is -0.352 e. The summed E-state index contributed by atoms with van der Waals surface area (Å²) in [5.41, 5.74) is 0.533. The summed E-state index contributed by atoms with van der Waals surface area (Å²) in [6.45, 7) is 2.96. The van der Waals surface area contributed by atoms with E-state index in [1.165, 1.54) is 44.9 Å². The molecule has 1 aromatic rings. The maximum Gasteiger partial charge on any atom is 0.252 e. The lowest BCUT2D eigenvalue weighted by Crippen LogP contribution is -2.24. The summed E-state index contributed by atoms with van der Waals surface area (Å²) in [6, 6.07) is 5.32. The Bertz CT molecular complexity index is 437. The summed E-state index contributed by atoms with van der Waals surface area (Å²) < 4.78 is 0.865. The molecule has 0 heterocycles. The maximum atomic E-state index is 12.0. The Morgan fingerprint density at radius 3 is 2.38 bits per heavy atom. The molecule has 0 saturated carbocycles. The number of rotatable bonds is 10. The summed E-state index contributed by atoms with van der Waals surface area (Å²) in [6.07, 6.45) is 10.1. The number of unbranched alkanes of at least 4 members (excludes halogenated alkanes) is 7. The first kappa shape index (κ1) is 18.5. The van der Waals surface area contributed by atoms with Gasteiger partial charge in [-0.1, -0.05) is 79.4 Å². The number of halogens is 2. The number of carbonyl (C=O) groups excluding carboxylic acids is 1. The fraction of sp³-hybridized carbons (Fsp3) is 0.588. The Balaban J connectivity index is 2.12. The normalized spacial score (nSPS) is 10.6. The number of hydrogen-bond acceptors (Lipinski definition) is 1. The molecular formula is C17H25BrClNO. The van der Waals surface area contributed by atoms with Crippen LogP contribution in [0.4, 0.5) is 0 Å². The van der Waals surface area contributed by atoms with Crippen molar-refractivity contribution >= 4 is 33.4 Å². The van der Waals surface area contributed by atoms with Crippen molar-refractivity contribution < 1.29 is 4.79 Å². The summed E-state index contributed by atoms with van der Waals surface area (Å²) in [5.74, 6) is -0.0933. The molecule has 1 N–H and O–H groups in total. The summed E-state index contributed by atoms with van der Waals surface area (Å²) >= 11 is 9.39. The average Bonchev–Trinajstić information content (AvgIpc) is 2.48. The van der Waals surface area contributed by atoms with Gasteiger partial charge in [0, 0.05) is 11.0 Å². The van der Waals surface area contributed by atoms with Crippen LogP contribution < -0.4 is 5.32 Å². The van der Waals surface area contributed by atoms with E-state index in [0.717, 1.165) is 17.4 Å². The Morgan fingerprint density at radius 1 is 1.10 bits per heavy atom. The molecule has 0 aromatic heterocycles. The largest absolute Gasteiger partial charge is 0.352 e. The molecule has 0 aliphatic rings. The van der Waals surface area contributed by atoms with Gasteiger partial charge < -0.3 is 5.32 Å². The minimum absolute atomic E-state index is 0.0933. The molecule has 0 bridgehead atoms. The third-order valence-corrected chi connectivity index (χ3v) is 4.31. The lowest BCUT2D eigenvalue weighted by atomic mass is 10.1. The van der Waals surface area contributed by atoms with E-state index in [-0.39, 0.29) is 5.91 Å².